The highest BCUT2D eigenvalue weighted by Crippen LogP contribution is 2.48. The van der Waals surface area contributed by atoms with E-state index in [-0.39, 0.29) is 6.35 Å². The van der Waals surface area contributed by atoms with E-state index in [9.17, 15) is 9.36 Å². The number of hydrogen-bond donors (Lipinski definition) is 0. The second-order valence-electron chi connectivity index (χ2n) is 3.78. The number of carbonyl (C=O) groups excluding carboxylic acids is 1. The first-order valence-electron chi connectivity index (χ1n) is 6.25. The van der Waals surface area contributed by atoms with E-state index in [2.05, 4.69) is 6.58 Å². The van der Waals surface area contributed by atoms with Gasteiger partial charge in [0, 0.05) is 6.08 Å². The summed E-state index contributed by atoms with van der Waals surface area (Å²) in [5.41, 5.74) is 0. The molecule has 5 nitrogen and oxygen atoms in total. The van der Waals surface area contributed by atoms with Crippen LogP contribution in [-0.4, -0.2) is 25.5 Å². The Hall–Kier alpha value is -0.640. The molecule has 0 aliphatic rings. The zero-order valence-electron chi connectivity index (χ0n) is 11.2. The lowest BCUT2D eigenvalue weighted by Gasteiger charge is -2.17. The first-order chi connectivity index (χ1) is 8.58. The van der Waals surface area contributed by atoms with Crippen LogP contribution in [0.2, 0.25) is 0 Å². The molecule has 0 atom stereocenters. The molecule has 0 saturated carbocycles. The van der Waals surface area contributed by atoms with E-state index in [1.54, 1.807) is 0 Å². The van der Waals surface area contributed by atoms with Crippen molar-refractivity contribution < 1.29 is 23.1 Å². The van der Waals surface area contributed by atoms with Gasteiger partial charge >= 0.3 is 13.6 Å². The summed E-state index contributed by atoms with van der Waals surface area (Å²) in [5, 5.41) is 0. The molecule has 6 heteroatoms. The zero-order valence-corrected chi connectivity index (χ0v) is 12.1. The van der Waals surface area contributed by atoms with Gasteiger partial charge in [-0.05, 0) is 12.8 Å². The molecule has 0 unspecified atom stereocenters. The molecule has 0 heterocycles. The maximum Gasteiger partial charge on any atom is 0.367 e. The van der Waals surface area contributed by atoms with Crippen molar-refractivity contribution in [3.63, 3.8) is 0 Å². The fraction of sp³-hybridized carbons (Fsp3) is 0.750. The third-order valence-corrected chi connectivity index (χ3v) is 3.70. The number of esters is 1. The van der Waals surface area contributed by atoms with E-state index < -0.39 is 13.6 Å². The number of hydrogen-bond acceptors (Lipinski definition) is 5. The van der Waals surface area contributed by atoms with Gasteiger partial charge in [0.05, 0.1) is 13.2 Å². The number of unbranched alkanes of at least 4 members (excludes halogenated alkanes) is 2. The molecule has 18 heavy (non-hydrogen) atoms. The van der Waals surface area contributed by atoms with Gasteiger partial charge in [-0.2, -0.15) is 0 Å². The molecular weight excluding hydrogens is 255 g/mol. The average molecular weight is 278 g/mol. The molecule has 0 amide bonds. The molecule has 0 aliphatic carbocycles. The van der Waals surface area contributed by atoms with E-state index in [0.29, 0.717) is 13.2 Å². The summed E-state index contributed by atoms with van der Waals surface area (Å²) in [4.78, 5) is 10.9. The van der Waals surface area contributed by atoms with Crippen LogP contribution in [0.5, 0.6) is 0 Å². The van der Waals surface area contributed by atoms with Gasteiger partial charge in [0.25, 0.3) is 0 Å². The molecular formula is C12H23O5P. The first-order valence-corrected chi connectivity index (χ1v) is 7.98. The van der Waals surface area contributed by atoms with Crippen molar-refractivity contribution in [2.75, 3.05) is 19.6 Å². The minimum atomic E-state index is -3.34. The topological polar surface area (TPSA) is 61.8 Å². The highest BCUT2D eigenvalue weighted by atomic mass is 31.2. The van der Waals surface area contributed by atoms with Crippen molar-refractivity contribution >= 4 is 13.6 Å². The van der Waals surface area contributed by atoms with Crippen LogP contribution in [0, 0.1) is 0 Å². The third kappa shape index (κ3) is 8.45. The summed E-state index contributed by atoms with van der Waals surface area (Å²) in [5.74, 6) is -0.631. The molecule has 0 aliphatic heterocycles. The van der Waals surface area contributed by atoms with Gasteiger partial charge in [-0.3, -0.25) is 4.57 Å². The van der Waals surface area contributed by atoms with Crippen molar-refractivity contribution in [2.24, 2.45) is 0 Å². The summed E-state index contributed by atoms with van der Waals surface area (Å²) >= 11 is 0. The molecule has 0 spiro atoms. The quantitative estimate of drug-likeness (QED) is 0.250. The predicted octanol–water partition coefficient (Wildman–Crippen LogP) is 3.50. The smallest absolute Gasteiger partial charge is 0.367 e. The fourth-order valence-corrected chi connectivity index (χ4v) is 2.33. The third-order valence-electron chi connectivity index (χ3n) is 2.10. The Morgan fingerprint density at radius 3 is 2.06 bits per heavy atom. The molecule has 0 N–H and O–H groups in total. The first kappa shape index (κ1) is 17.4. The lowest BCUT2D eigenvalue weighted by atomic mass is 10.4. The lowest BCUT2D eigenvalue weighted by Crippen LogP contribution is -2.08. The molecule has 0 aromatic carbocycles. The number of rotatable bonds is 11. The van der Waals surface area contributed by atoms with E-state index in [1.165, 1.54) is 0 Å². The Morgan fingerprint density at radius 2 is 1.67 bits per heavy atom. The molecule has 106 valence electrons. The minimum absolute atomic E-state index is 0.339. The van der Waals surface area contributed by atoms with E-state index in [4.69, 9.17) is 13.8 Å². The molecule has 0 aromatic rings. The van der Waals surface area contributed by atoms with Crippen LogP contribution in [0.15, 0.2) is 12.7 Å². The second-order valence-corrected chi connectivity index (χ2v) is 5.78. The summed E-state index contributed by atoms with van der Waals surface area (Å²) in [6.07, 6.45) is 4.10. The Bertz CT molecular complexity index is 276. The Labute approximate surface area is 109 Å². The van der Waals surface area contributed by atoms with Crippen molar-refractivity contribution in [1.82, 2.24) is 0 Å². The van der Waals surface area contributed by atoms with Gasteiger partial charge in [0.1, 0.15) is 0 Å². The summed E-state index contributed by atoms with van der Waals surface area (Å²) < 4.78 is 27.4. The van der Waals surface area contributed by atoms with E-state index in [1.807, 2.05) is 13.8 Å². The maximum absolute atomic E-state index is 12.2. The lowest BCUT2D eigenvalue weighted by molar-refractivity contribution is -0.136. The van der Waals surface area contributed by atoms with Gasteiger partial charge in [-0.1, -0.05) is 33.3 Å². The molecule has 0 aromatic heterocycles. The number of carbonyl (C=O) groups is 1. The van der Waals surface area contributed by atoms with Gasteiger partial charge in [0.15, 0.2) is 6.35 Å². The largest absolute Gasteiger partial charge is 0.450 e. The van der Waals surface area contributed by atoms with Crippen LogP contribution in [0.4, 0.5) is 0 Å². The number of ether oxygens (including phenoxy) is 1. The monoisotopic (exact) mass is 278 g/mol. The maximum atomic E-state index is 12.2. The molecule has 0 saturated heterocycles. The Kier molecular flexibility index (Phi) is 9.93. The van der Waals surface area contributed by atoms with Crippen LogP contribution in [-0.2, 0) is 23.1 Å². The van der Waals surface area contributed by atoms with Gasteiger partial charge < -0.3 is 13.8 Å². The molecule has 0 bridgehead atoms. The van der Waals surface area contributed by atoms with Gasteiger partial charge in [0.2, 0.25) is 0 Å². The van der Waals surface area contributed by atoms with E-state index in [0.717, 1.165) is 31.8 Å². The van der Waals surface area contributed by atoms with Crippen LogP contribution in [0.25, 0.3) is 0 Å². The molecule has 0 radical (unpaired) electrons. The van der Waals surface area contributed by atoms with Gasteiger partial charge in [-0.15, -0.1) is 0 Å². The van der Waals surface area contributed by atoms with E-state index >= 15 is 0 Å². The summed E-state index contributed by atoms with van der Waals surface area (Å²) in [7, 11) is -3.34. The van der Waals surface area contributed by atoms with Crippen LogP contribution in [0.3, 0.4) is 0 Å². The Morgan fingerprint density at radius 1 is 1.17 bits per heavy atom. The summed E-state index contributed by atoms with van der Waals surface area (Å²) in [6, 6.07) is 0. The van der Waals surface area contributed by atoms with Crippen molar-refractivity contribution in [3.8, 4) is 0 Å². The SMILES string of the molecule is C=CC(=O)OCP(=O)(OCCCC)OCCCC. The molecule has 0 rings (SSSR count). The average Bonchev–Trinajstić information content (AvgIpc) is 2.37. The fourth-order valence-electron chi connectivity index (χ4n) is 1.01. The molecule has 0 fully saturated rings. The van der Waals surface area contributed by atoms with Gasteiger partial charge in [-0.25, -0.2) is 4.79 Å². The highest BCUT2D eigenvalue weighted by Gasteiger charge is 2.26. The summed E-state index contributed by atoms with van der Waals surface area (Å²) in [6.45, 7) is 7.95. The Balaban J connectivity index is 4.24. The standard InChI is InChI=1S/C12H23O5P/c1-4-7-9-16-18(14,17-10-8-5-2)11-15-12(13)6-3/h6H,3-5,7-11H2,1-2H3. The van der Waals surface area contributed by atoms with Crippen LogP contribution >= 0.6 is 7.60 Å². The minimum Gasteiger partial charge on any atom is -0.450 e. The highest BCUT2D eigenvalue weighted by molar-refractivity contribution is 7.53. The predicted molar refractivity (Wildman–Crippen MR) is 70.5 cm³/mol. The zero-order chi connectivity index (χ0) is 13.9. The van der Waals surface area contributed by atoms with Crippen molar-refractivity contribution in [1.29, 1.82) is 0 Å². The van der Waals surface area contributed by atoms with Crippen molar-refractivity contribution in [3.05, 3.63) is 12.7 Å². The normalized spacial score (nSPS) is 11.2. The second kappa shape index (κ2) is 10.3. The van der Waals surface area contributed by atoms with Crippen LogP contribution in [0.1, 0.15) is 39.5 Å². The van der Waals surface area contributed by atoms with Crippen molar-refractivity contribution in [2.45, 2.75) is 39.5 Å². The van der Waals surface area contributed by atoms with Crippen LogP contribution < -0.4 is 0 Å².